The molecule has 2 amide bonds. The molecule has 0 radical (unpaired) electrons. The van der Waals surface area contributed by atoms with Gasteiger partial charge < -0.3 is 15.0 Å². The summed E-state index contributed by atoms with van der Waals surface area (Å²) >= 11 is 0. The molecule has 0 aromatic heterocycles. The molecule has 0 aliphatic carbocycles. The van der Waals surface area contributed by atoms with Gasteiger partial charge in [0.25, 0.3) is 5.91 Å². The molecule has 0 saturated carbocycles. The van der Waals surface area contributed by atoms with Crippen LogP contribution in [0, 0.1) is 12.7 Å². The number of nitrogens with zero attached hydrogens (tertiary/aromatic N) is 1. The minimum Gasteiger partial charge on any atom is -0.484 e. The lowest BCUT2D eigenvalue weighted by molar-refractivity contribution is -0.142. The molecule has 0 unspecified atom stereocenters. The van der Waals surface area contributed by atoms with Crippen LogP contribution >= 0.6 is 0 Å². The summed E-state index contributed by atoms with van der Waals surface area (Å²) in [6.07, 6.45) is 0. The summed E-state index contributed by atoms with van der Waals surface area (Å²) in [5.74, 6) is -0.591. The quantitative estimate of drug-likeness (QED) is 0.828. The first-order chi connectivity index (χ1) is 12.4. The second-order valence-corrected chi connectivity index (χ2v) is 6.01. The van der Waals surface area contributed by atoms with Crippen LogP contribution in [0.2, 0.25) is 0 Å². The molecule has 0 fully saturated rings. The van der Waals surface area contributed by atoms with Gasteiger partial charge in [0.15, 0.2) is 6.61 Å². The van der Waals surface area contributed by atoms with Gasteiger partial charge in [0.1, 0.15) is 17.6 Å². The fourth-order valence-electron chi connectivity index (χ4n) is 2.46. The third kappa shape index (κ3) is 5.05. The molecule has 1 atom stereocenters. The Morgan fingerprint density at radius 1 is 1.15 bits per heavy atom. The molecular weight excluding hydrogens is 335 g/mol. The van der Waals surface area contributed by atoms with E-state index in [0.717, 1.165) is 5.56 Å². The van der Waals surface area contributed by atoms with Gasteiger partial charge in [0, 0.05) is 19.2 Å². The number of rotatable bonds is 7. The van der Waals surface area contributed by atoms with E-state index in [1.165, 1.54) is 18.0 Å². The Morgan fingerprint density at radius 3 is 2.42 bits per heavy atom. The number of carbonyl (C=O) groups excluding carboxylic acids is 2. The highest BCUT2D eigenvalue weighted by atomic mass is 19.1. The van der Waals surface area contributed by atoms with Crippen LogP contribution in [0.1, 0.15) is 18.1 Å². The molecule has 6 heteroatoms. The van der Waals surface area contributed by atoms with E-state index in [1.54, 1.807) is 37.3 Å². The van der Waals surface area contributed by atoms with Gasteiger partial charge in [-0.2, -0.15) is 0 Å². The number of benzene rings is 2. The molecule has 2 rings (SSSR count). The van der Waals surface area contributed by atoms with Gasteiger partial charge in [0.05, 0.1) is 0 Å². The fourth-order valence-corrected chi connectivity index (χ4v) is 2.46. The first kappa shape index (κ1) is 19.4. The Balaban J connectivity index is 2.13. The molecule has 138 valence electrons. The van der Waals surface area contributed by atoms with Crippen LogP contribution in [-0.4, -0.2) is 36.4 Å². The topological polar surface area (TPSA) is 58.6 Å². The zero-order valence-electron chi connectivity index (χ0n) is 15.2. The maximum atomic E-state index is 14.0. The highest BCUT2D eigenvalue weighted by Crippen LogP contribution is 2.15. The summed E-state index contributed by atoms with van der Waals surface area (Å²) in [6, 6.07) is 12.7. The number of hydrogen-bond acceptors (Lipinski definition) is 3. The Kier molecular flexibility index (Phi) is 6.72. The van der Waals surface area contributed by atoms with Crippen molar-refractivity contribution < 1.29 is 18.7 Å². The van der Waals surface area contributed by atoms with Gasteiger partial charge in [-0.05, 0) is 32.0 Å². The van der Waals surface area contributed by atoms with Crippen molar-refractivity contribution in [3.05, 3.63) is 65.5 Å². The third-order valence-corrected chi connectivity index (χ3v) is 4.10. The van der Waals surface area contributed by atoms with Crippen LogP contribution in [0.3, 0.4) is 0 Å². The molecule has 0 heterocycles. The van der Waals surface area contributed by atoms with E-state index in [9.17, 15) is 14.0 Å². The monoisotopic (exact) mass is 358 g/mol. The Morgan fingerprint density at radius 2 is 1.81 bits per heavy atom. The van der Waals surface area contributed by atoms with E-state index in [2.05, 4.69) is 5.32 Å². The highest BCUT2D eigenvalue weighted by Gasteiger charge is 2.26. The van der Waals surface area contributed by atoms with Crippen LogP contribution in [-0.2, 0) is 16.1 Å². The second-order valence-electron chi connectivity index (χ2n) is 6.01. The summed E-state index contributed by atoms with van der Waals surface area (Å²) in [5.41, 5.74) is 1.42. The average Bonchev–Trinajstić information content (AvgIpc) is 2.65. The van der Waals surface area contributed by atoms with E-state index in [-0.39, 0.29) is 19.1 Å². The number of ether oxygens (including phenoxy) is 1. The van der Waals surface area contributed by atoms with Gasteiger partial charge in [-0.25, -0.2) is 4.39 Å². The normalized spacial score (nSPS) is 11.5. The molecular formula is C20H23FN2O3. The van der Waals surface area contributed by atoms with E-state index in [4.69, 9.17) is 4.74 Å². The summed E-state index contributed by atoms with van der Waals surface area (Å²) in [6.45, 7) is 3.30. The number of nitrogens with one attached hydrogen (secondary N) is 1. The molecule has 0 aliphatic heterocycles. The van der Waals surface area contributed by atoms with Crippen molar-refractivity contribution in [3.8, 4) is 5.75 Å². The first-order valence-corrected chi connectivity index (χ1v) is 8.36. The van der Waals surface area contributed by atoms with Crippen molar-refractivity contribution >= 4 is 11.8 Å². The average molecular weight is 358 g/mol. The van der Waals surface area contributed by atoms with Crippen molar-refractivity contribution in [2.24, 2.45) is 0 Å². The Bertz CT molecular complexity index is 762. The molecule has 2 aromatic rings. The molecule has 0 saturated heterocycles. The van der Waals surface area contributed by atoms with Crippen LogP contribution in [0.4, 0.5) is 4.39 Å². The first-order valence-electron chi connectivity index (χ1n) is 8.36. The maximum absolute atomic E-state index is 14.0. The lowest BCUT2D eigenvalue weighted by Crippen LogP contribution is -2.48. The molecule has 26 heavy (non-hydrogen) atoms. The van der Waals surface area contributed by atoms with Crippen LogP contribution in [0.25, 0.3) is 0 Å². The van der Waals surface area contributed by atoms with Crippen LogP contribution in [0.5, 0.6) is 5.75 Å². The number of aryl methyl sites for hydroxylation is 1. The van der Waals surface area contributed by atoms with Crippen molar-refractivity contribution in [2.45, 2.75) is 26.4 Å². The van der Waals surface area contributed by atoms with Crippen LogP contribution < -0.4 is 10.1 Å². The summed E-state index contributed by atoms with van der Waals surface area (Å²) < 4.78 is 19.5. The highest BCUT2D eigenvalue weighted by molar-refractivity contribution is 5.87. The SMILES string of the molecule is CNC(=O)[C@H](C)N(Cc1ccccc1F)C(=O)COc1ccc(C)cc1. The predicted octanol–water partition coefficient (Wildman–Crippen LogP) is 2.68. The zero-order chi connectivity index (χ0) is 19.1. The standard InChI is InChI=1S/C20H23FN2O3/c1-14-8-10-17(11-9-14)26-13-19(24)23(15(2)20(25)22-3)12-16-6-4-5-7-18(16)21/h4-11,15H,12-13H2,1-3H3,(H,22,25)/t15-/m0/s1. The van der Waals surface area contributed by atoms with Crippen LogP contribution in [0.15, 0.2) is 48.5 Å². The van der Waals surface area contributed by atoms with E-state index in [0.29, 0.717) is 11.3 Å². The fraction of sp³-hybridized carbons (Fsp3) is 0.300. The lowest BCUT2D eigenvalue weighted by atomic mass is 10.1. The molecule has 1 N–H and O–H groups in total. The zero-order valence-corrected chi connectivity index (χ0v) is 15.2. The Hall–Kier alpha value is -2.89. The van der Waals surface area contributed by atoms with Crippen molar-refractivity contribution in [2.75, 3.05) is 13.7 Å². The van der Waals surface area contributed by atoms with Gasteiger partial charge in [-0.15, -0.1) is 0 Å². The summed E-state index contributed by atoms with van der Waals surface area (Å²) in [7, 11) is 1.49. The van der Waals surface area contributed by atoms with E-state index < -0.39 is 17.8 Å². The number of hydrogen-bond donors (Lipinski definition) is 1. The van der Waals surface area contributed by atoms with Crippen molar-refractivity contribution in [1.82, 2.24) is 10.2 Å². The smallest absolute Gasteiger partial charge is 0.261 e. The molecule has 0 aliphatic rings. The minimum atomic E-state index is -0.756. The Labute approximate surface area is 152 Å². The van der Waals surface area contributed by atoms with Crippen molar-refractivity contribution in [1.29, 1.82) is 0 Å². The maximum Gasteiger partial charge on any atom is 0.261 e. The minimum absolute atomic E-state index is 0.0165. The van der Waals surface area contributed by atoms with Gasteiger partial charge in [0.2, 0.25) is 5.91 Å². The summed E-state index contributed by atoms with van der Waals surface area (Å²) in [4.78, 5) is 26.0. The molecule has 2 aromatic carbocycles. The number of carbonyl (C=O) groups is 2. The predicted molar refractivity (Wildman–Crippen MR) is 97.2 cm³/mol. The van der Waals surface area contributed by atoms with Gasteiger partial charge in [-0.1, -0.05) is 35.9 Å². The van der Waals surface area contributed by atoms with E-state index in [1.807, 2.05) is 19.1 Å². The molecule has 0 spiro atoms. The van der Waals surface area contributed by atoms with E-state index >= 15 is 0 Å². The van der Waals surface area contributed by atoms with Crippen molar-refractivity contribution in [3.63, 3.8) is 0 Å². The third-order valence-electron chi connectivity index (χ3n) is 4.10. The molecule has 5 nitrogen and oxygen atoms in total. The summed E-state index contributed by atoms with van der Waals surface area (Å²) in [5, 5.41) is 2.51. The number of halogens is 1. The van der Waals surface area contributed by atoms with Gasteiger partial charge >= 0.3 is 0 Å². The largest absolute Gasteiger partial charge is 0.484 e. The number of amides is 2. The molecule has 0 bridgehead atoms. The lowest BCUT2D eigenvalue weighted by Gasteiger charge is -2.28. The van der Waals surface area contributed by atoms with Gasteiger partial charge in [-0.3, -0.25) is 9.59 Å². The number of likely N-dealkylation sites (N-methyl/N-ethyl adjacent to an activating group) is 1. The second kappa shape index (κ2) is 8.99.